The Labute approximate surface area is 196 Å². The number of carbonyl (C=O) groups excluding carboxylic acids is 1. The molecular weight excluding hydrogens is 433 g/mol. The van der Waals surface area contributed by atoms with Crippen molar-refractivity contribution in [2.45, 2.75) is 38.8 Å². The Balaban J connectivity index is 1.33. The molecule has 2 atom stereocenters. The lowest BCUT2D eigenvalue weighted by Crippen LogP contribution is -2.56. The highest BCUT2D eigenvalue weighted by Crippen LogP contribution is 2.36. The number of imidazole rings is 1. The number of hydrogen-bond acceptors (Lipinski definition) is 6. The van der Waals surface area contributed by atoms with E-state index >= 15 is 0 Å². The molecule has 2 aliphatic rings. The van der Waals surface area contributed by atoms with Gasteiger partial charge in [0.2, 0.25) is 0 Å². The van der Waals surface area contributed by atoms with Crippen LogP contribution in [0.5, 0.6) is 0 Å². The smallest absolute Gasteiger partial charge is 0.257 e. The maximum atomic E-state index is 14.5. The molecule has 1 saturated carbocycles. The second-order valence-corrected chi connectivity index (χ2v) is 9.45. The van der Waals surface area contributed by atoms with Crippen LogP contribution in [0.1, 0.15) is 35.8 Å². The van der Waals surface area contributed by atoms with Gasteiger partial charge in [0.1, 0.15) is 11.0 Å². The fourth-order valence-corrected chi connectivity index (χ4v) is 5.02. The molecule has 0 radical (unpaired) electrons. The summed E-state index contributed by atoms with van der Waals surface area (Å²) in [5.41, 5.74) is 3.89. The first-order valence-corrected chi connectivity index (χ1v) is 11.7. The lowest BCUT2D eigenvalue weighted by molar-refractivity contribution is 0.102. The summed E-state index contributed by atoms with van der Waals surface area (Å²) in [7, 11) is 0. The van der Waals surface area contributed by atoms with Crippen molar-refractivity contribution in [2.75, 3.05) is 23.3 Å². The summed E-state index contributed by atoms with van der Waals surface area (Å²) < 4.78 is 16.1. The third-order valence-electron chi connectivity index (χ3n) is 6.67. The number of anilines is 2. The van der Waals surface area contributed by atoms with Crippen molar-refractivity contribution in [1.29, 1.82) is 0 Å². The number of hydrogen-bond donors (Lipinski definition) is 2. The second-order valence-electron chi connectivity index (χ2n) is 9.45. The molecule has 4 aromatic rings. The lowest BCUT2D eigenvalue weighted by atomic mass is 10.0. The maximum Gasteiger partial charge on any atom is 0.257 e. The minimum atomic E-state index is -0.496. The van der Waals surface area contributed by atoms with Crippen molar-refractivity contribution in [3.05, 3.63) is 60.1 Å². The number of halogens is 1. The molecule has 0 unspecified atom stereocenters. The molecule has 174 valence electrons. The molecule has 2 N–H and O–H groups in total. The average Bonchev–Trinajstić information content (AvgIpc) is 3.59. The summed E-state index contributed by atoms with van der Waals surface area (Å²) in [6.07, 6.45) is 9.18. The average molecular weight is 460 g/mol. The number of aromatic nitrogens is 4. The van der Waals surface area contributed by atoms with Crippen LogP contribution in [-0.4, -0.2) is 50.4 Å². The standard InChI is InChI=1S/C25H26FN7O/c1-14-10-32(13-20(29-14)16-3-4-16)21-6-5-18(22-23(21)28-8-7-27-22)25(34)31-17-9-19(26)24-30-15(2)11-33(24)12-17/h5-9,11-12,14,16,20,29H,3-4,10,13H2,1-2H3,(H,31,34)/t14-,20+/m1/s1. The van der Waals surface area contributed by atoms with Crippen LogP contribution < -0.4 is 15.5 Å². The van der Waals surface area contributed by atoms with Crippen molar-refractivity contribution in [2.24, 2.45) is 5.92 Å². The Hall–Kier alpha value is -3.59. The number of aryl methyl sites for hydroxylation is 1. The molecule has 8 nitrogen and oxygen atoms in total. The zero-order chi connectivity index (χ0) is 23.4. The van der Waals surface area contributed by atoms with Crippen LogP contribution in [-0.2, 0) is 0 Å². The van der Waals surface area contributed by atoms with Crippen molar-refractivity contribution in [1.82, 2.24) is 24.7 Å². The number of benzene rings is 1. The molecule has 9 heteroatoms. The Morgan fingerprint density at radius 2 is 1.94 bits per heavy atom. The van der Waals surface area contributed by atoms with Crippen LogP contribution in [0.15, 0.2) is 43.0 Å². The van der Waals surface area contributed by atoms with Gasteiger partial charge in [0.15, 0.2) is 11.5 Å². The van der Waals surface area contributed by atoms with Crippen LogP contribution in [0.4, 0.5) is 15.8 Å². The molecular formula is C25H26FN7O. The number of nitrogens with zero attached hydrogens (tertiary/aromatic N) is 5. The molecule has 1 saturated heterocycles. The van der Waals surface area contributed by atoms with Crippen molar-refractivity contribution in [3.63, 3.8) is 0 Å². The molecule has 0 bridgehead atoms. The fourth-order valence-electron chi connectivity index (χ4n) is 5.02. The SMILES string of the molecule is Cc1cn2cc(NC(=O)c3ccc(N4C[C@@H](C)N[C@H](C5CC5)C4)c4nccnc34)cc(F)c2n1. The van der Waals surface area contributed by atoms with Gasteiger partial charge in [-0.15, -0.1) is 0 Å². The van der Waals surface area contributed by atoms with Crippen LogP contribution in [0.2, 0.25) is 0 Å². The van der Waals surface area contributed by atoms with Crippen LogP contribution in [0.25, 0.3) is 16.7 Å². The highest BCUT2D eigenvalue weighted by Gasteiger charge is 2.36. The fraction of sp³-hybridized carbons (Fsp3) is 0.360. The van der Waals surface area contributed by atoms with Gasteiger partial charge in [-0.05, 0) is 44.7 Å². The normalized spacial score (nSPS) is 20.7. The van der Waals surface area contributed by atoms with Gasteiger partial charge in [-0.2, -0.15) is 0 Å². The molecule has 2 fully saturated rings. The maximum absolute atomic E-state index is 14.5. The predicted octanol–water partition coefficient (Wildman–Crippen LogP) is 3.55. The molecule has 34 heavy (non-hydrogen) atoms. The van der Waals surface area contributed by atoms with Crippen LogP contribution in [0, 0.1) is 18.7 Å². The lowest BCUT2D eigenvalue weighted by Gasteiger charge is -2.39. The molecule has 1 aliphatic heterocycles. The van der Waals surface area contributed by atoms with Gasteiger partial charge < -0.3 is 19.9 Å². The summed E-state index contributed by atoms with van der Waals surface area (Å²) >= 11 is 0. The van der Waals surface area contributed by atoms with E-state index in [1.165, 1.54) is 18.9 Å². The second kappa shape index (κ2) is 8.02. The zero-order valence-electron chi connectivity index (χ0n) is 19.1. The first kappa shape index (κ1) is 21.0. The van der Waals surface area contributed by atoms with Crippen molar-refractivity contribution in [3.8, 4) is 0 Å². The molecule has 1 aromatic carbocycles. The predicted molar refractivity (Wildman–Crippen MR) is 129 cm³/mol. The first-order chi connectivity index (χ1) is 16.5. The third-order valence-corrected chi connectivity index (χ3v) is 6.67. The van der Waals surface area contributed by atoms with E-state index in [0.717, 1.165) is 24.7 Å². The number of carbonyl (C=O) groups is 1. The van der Waals surface area contributed by atoms with Crippen molar-refractivity contribution < 1.29 is 9.18 Å². The monoisotopic (exact) mass is 459 g/mol. The van der Waals surface area contributed by atoms with E-state index in [2.05, 4.69) is 37.4 Å². The summed E-state index contributed by atoms with van der Waals surface area (Å²) in [6, 6.07) is 5.86. The number of piperazine rings is 1. The summed E-state index contributed by atoms with van der Waals surface area (Å²) in [4.78, 5) is 28.8. The van der Waals surface area contributed by atoms with Crippen LogP contribution in [0.3, 0.4) is 0 Å². The van der Waals surface area contributed by atoms with Gasteiger partial charge in [-0.1, -0.05) is 0 Å². The number of nitrogens with one attached hydrogen (secondary N) is 2. The van der Waals surface area contributed by atoms with E-state index < -0.39 is 5.82 Å². The topological polar surface area (TPSA) is 87.5 Å². The Morgan fingerprint density at radius 3 is 2.74 bits per heavy atom. The van der Waals surface area contributed by atoms with E-state index in [-0.39, 0.29) is 11.6 Å². The number of amides is 1. The van der Waals surface area contributed by atoms with E-state index in [4.69, 9.17) is 0 Å². The van der Waals surface area contributed by atoms with E-state index in [9.17, 15) is 9.18 Å². The Kier molecular flexibility index (Phi) is 4.95. The van der Waals surface area contributed by atoms with Gasteiger partial charge >= 0.3 is 0 Å². The summed E-state index contributed by atoms with van der Waals surface area (Å²) in [5, 5.41) is 6.53. The Bertz CT molecular complexity index is 1410. The molecule has 0 spiro atoms. The quantitative estimate of drug-likeness (QED) is 0.485. The van der Waals surface area contributed by atoms with Crippen LogP contribution >= 0.6 is 0 Å². The summed E-state index contributed by atoms with van der Waals surface area (Å²) in [5.74, 6) is -0.120. The molecule has 6 rings (SSSR count). The largest absolute Gasteiger partial charge is 0.367 e. The van der Waals surface area contributed by atoms with Gasteiger partial charge in [-0.25, -0.2) is 9.37 Å². The third kappa shape index (κ3) is 3.75. The minimum absolute atomic E-state index is 0.228. The molecule has 1 amide bonds. The molecule has 1 aliphatic carbocycles. The molecule has 4 heterocycles. The van der Waals surface area contributed by atoms with E-state index in [1.54, 1.807) is 42.2 Å². The number of pyridine rings is 1. The Morgan fingerprint density at radius 1 is 1.15 bits per heavy atom. The van der Waals surface area contributed by atoms with Gasteiger partial charge in [0.25, 0.3) is 5.91 Å². The van der Waals surface area contributed by atoms with Gasteiger partial charge in [-0.3, -0.25) is 14.8 Å². The van der Waals surface area contributed by atoms with Crippen molar-refractivity contribution >= 4 is 34.0 Å². The van der Waals surface area contributed by atoms with Gasteiger partial charge in [0, 0.05) is 56.0 Å². The van der Waals surface area contributed by atoms with E-state index in [0.29, 0.717) is 40.1 Å². The number of fused-ring (bicyclic) bond motifs is 2. The molecule has 3 aromatic heterocycles. The highest BCUT2D eigenvalue weighted by molar-refractivity contribution is 6.13. The summed E-state index contributed by atoms with van der Waals surface area (Å²) in [6.45, 7) is 5.78. The van der Waals surface area contributed by atoms with Gasteiger partial charge in [0.05, 0.1) is 22.6 Å². The zero-order valence-corrected chi connectivity index (χ0v) is 19.1. The first-order valence-electron chi connectivity index (χ1n) is 11.7. The minimum Gasteiger partial charge on any atom is -0.367 e. The highest BCUT2D eigenvalue weighted by atomic mass is 19.1. The number of rotatable bonds is 4. The van der Waals surface area contributed by atoms with E-state index in [1.807, 2.05) is 6.07 Å².